The van der Waals surface area contributed by atoms with Crippen LogP contribution in [0, 0.1) is 13.8 Å². The third-order valence-electron chi connectivity index (χ3n) is 1.76. The van der Waals surface area contributed by atoms with Gasteiger partial charge in [0, 0.05) is 5.69 Å². The normalized spacial score (nSPS) is 12.3. The SMILES string of the molecule is Cc1cc(C)nc(NC(=O)[C@H](C)N)c1. The molecule has 0 fully saturated rings. The van der Waals surface area contributed by atoms with Gasteiger partial charge in [-0.25, -0.2) is 4.98 Å². The van der Waals surface area contributed by atoms with Gasteiger partial charge in [-0.3, -0.25) is 4.79 Å². The summed E-state index contributed by atoms with van der Waals surface area (Å²) in [4.78, 5) is 15.4. The predicted octanol–water partition coefficient (Wildman–Crippen LogP) is 0.984. The number of aryl methyl sites for hydroxylation is 2. The number of aromatic nitrogens is 1. The van der Waals surface area contributed by atoms with Crippen LogP contribution in [0.2, 0.25) is 0 Å². The zero-order chi connectivity index (χ0) is 10.7. The van der Waals surface area contributed by atoms with E-state index in [2.05, 4.69) is 10.3 Å². The molecule has 4 heteroatoms. The van der Waals surface area contributed by atoms with Crippen LogP contribution >= 0.6 is 0 Å². The molecule has 0 saturated carbocycles. The van der Waals surface area contributed by atoms with E-state index >= 15 is 0 Å². The van der Waals surface area contributed by atoms with Gasteiger partial charge in [-0.05, 0) is 38.5 Å². The monoisotopic (exact) mass is 193 g/mol. The Labute approximate surface area is 83.5 Å². The summed E-state index contributed by atoms with van der Waals surface area (Å²) in [7, 11) is 0. The van der Waals surface area contributed by atoms with Crippen molar-refractivity contribution in [2.24, 2.45) is 5.73 Å². The standard InChI is InChI=1S/C10H15N3O/c1-6-4-7(2)12-9(5-6)13-10(14)8(3)11/h4-5,8H,11H2,1-3H3,(H,12,13,14)/t8-/m0/s1. The van der Waals surface area contributed by atoms with E-state index < -0.39 is 6.04 Å². The molecule has 1 aromatic heterocycles. The van der Waals surface area contributed by atoms with Crippen molar-refractivity contribution in [1.82, 2.24) is 4.98 Å². The molecule has 0 aliphatic rings. The van der Waals surface area contributed by atoms with E-state index in [0.29, 0.717) is 5.82 Å². The van der Waals surface area contributed by atoms with Gasteiger partial charge >= 0.3 is 0 Å². The highest BCUT2D eigenvalue weighted by atomic mass is 16.2. The molecule has 3 N–H and O–H groups in total. The Hall–Kier alpha value is -1.42. The van der Waals surface area contributed by atoms with E-state index in [4.69, 9.17) is 5.73 Å². The second kappa shape index (κ2) is 4.19. The van der Waals surface area contributed by atoms with Gasteiger partial charge in [0.05, 0.1) is 6.04 Å². The van der Waals surface area contributed by atoms with Crippen LogP contribution in [-0.2, 0) is 4.79 Å². The van der Waals surface area contributed by atoms with Gasteiger partial charge in [-0.2, -0.15) is 0 Å². The molecule has 1 aromatic rings. The van der Waals surface area contributed by atoms with Crippen LogP contribution in [0.25, 0.3) is 0 Å². The maximum atomic E-state index is 11.3. The Morgan fingerprint density at radius 2 is 2.14 bits per heavy atom. The fraction of sp³-hybridized carbons (Fsp3) is 0.400. The summed E-state index contributed by atoms with van der Waals surface area (Å²) in [6, 6.07) is 3.24. The van der Waals surface area contributed by atoms with Gasteiger partial charge in [0.15, 0.2) is 0 Å². The van der Waals surface area contributed by atoms with E-state index in [1.54, 1.807) is 6.92 Å². The number of amides is 1. The molecule has 0 saturated heterocycles. The molecule has 1 atom stereocenters. The van der Waals surface area contributed by atoms with Crippen molar-refractivity contribution >= 4 is 11.7 Å². The van der Waals surface area contributed by atoms with Crippen LogP contribution in [-0.4, -0.2) is 16.9 Å². The van der Waals surface area contributed by atoms with Gasteiger partial charge in [-0.1, -0.05) is 0 Å². The number of hydrogen-bond acceptors (Lipinski definition) is 3. The van der Waals surface area contributed by atoms with Crippen LogP contribution in [0.15, 0.2) is 12.1 Å². The second-order valence-electron chi connectivity index (χ2n) is 3.45. The highest BCUT2D eigenvalue weighted by molar-refractivity contribution is 5.93. The summed E-state index contributed by atoms with van der Waals surface area (Å²) in [5.74, 6) is 0.340. The summed E-state index contributed by atoms with van der Waals surface area (Å²) < 4.78 is 0. The van der Waals surface area contributed by atoms with Gasteiger partial charge in [0.25, 0.3) is 0 Å². The largest absolute Gasteiger partial charge is 0.320 e. The zero-order valence-electron chi connectivity index (χ0n) is 8.66. The van der Waals surface area contributed by atoms with E-state index in [1.165, 1.54) is 0 Å². The van der Waals surface area contributed by atoms with Gasteiger partial charge in [-0.15, -0.1) is 0 Å². The molecule has 0 spiro atoms. The molecule has 0 aromatic carbocycles. The maximum Gasteiger partial charge on any atom is 0.242 e. The number of hydrogen-bond donors (Lipinski definition) is 2. The number of nitrogens with two attached hydrogens (primary N) is 1. The van der Waals surface area contributed by atoms with Crippen LogP contribution in [0.1, 0.15) is 18.2 Å². The quantitative estimate of drug-likeness (QED) is 0.735. The summed E-state index contributed by atoms with van der Waals surface area (Å²) in [5.41, 5.74) is 7.37. The molecule has 1 amide bonds. The average molecular weight is 193 g/mol. The fourth-order valence-electron chi connectivity index (χ4n) is 1.15. The van der Waals surface area contributed by atoms with Crippen LogP contribution in [0.4, 0.5) is 5.82 Å². The van der Waals surface area contributed by atoms with E-state index in [-0.39, 0.29) is 5.91 Å². The number of anilines is 1. The van der Waals surface area contributed by atoms with Gasteiger partial charge in [0.1, 0.15) is 5.82 Å². The number of rotatable bonds is 2. The first-order valence-corrected chi connectivity index (χ1v) is 4.51. The summed E-state index contributed by atoms with van der Waals surface area (Å²) >= 11 is 0. The lowest BCUT2D eigenvalue weighted by molar-refractivity contribution is -0.117. The first-order chi connectivity index (χ1) is 6.49. The van der Waals surface area contributed by atoms with Crippen LogP contribution < -0.4 is 11.1 Å². The lowest BCUT2D eigenvalue weighted by atomic mass is 10.2. The number of carbonyl (C=O) groups excluding carboxylic acids is 1. The van der Waals surface area contributed by atoms with Crippen molar-refractivity contribution in [3.8, 4) is 0 Å². The molecular formula is C10H15N3O. The second-order valence-corrected chi connectivity index (χ2v) is 3.45. The number of pyridine rings is 1. The first kappa shape index (κ1) is 10.7. The molecule has 76 valence electrons. The van der Waals surface area contributed by atoms with Gasteiger partial charge < -0.3 is 11.1 Å². The van der Waals surface area contributed by atoms with Crippen LogP contribution in [0.5, 0.6) is 0 Å². The summed E-state index contributed by atoms with van der Waals surface area (Å²) in [6.45, 7) is 5.47. The average Bonchev–Trinajstić information content (AvgIpc) is 2.01. The lowest BCUT2D eigenvalue weighted by Gasteiger charge is -2.08. The molecule has 0 aliphatic heterocycles. The van der Waals surface area contributed by atoms with E-state index in [0.717, 1.165) is 11.3 Å². The molecule has 4 nitrogen and oxygen atoms in total. The smallest absolute Gasteiger partial charge is 0.242 e. The molecular weight excluding hydrogens is 178 g/mol. The first-order valence-electron chi connectivity index (χ1n) is 4.51. The van der Waals surface area contributed by atoms with Crippen molar-refractivity contribution < 1.29 is 4.79 Å². The molecule has 0 bridgehead atoms. The van der Waals surface area contributed by atoms with Crippen molar-refractivity contribution in [3.63, 3.8) is 0 Å². The minimum atomic E-state index is -0.516. The molecule has 0 radical (unpaired) electrons. The minimum Gasteiger partial charge on any atom is -0.320 e. The molecule has 14 heavy (non-hydrogen) atoms. The molecule has 0 unspecified atom stereocenters. The van der Waals surface area contributed by atoms with E-state index in [9.17, 15) is 4.79 Å². The Bertz CT molecular complexity index is 327. The highest BCUT2D eigenvalue weighted by Gasteiger charge is 2.08. The van der Waals surface area contributed by atoms with Gasteiger partial charge in [0.2, 0.25) is 5.91 Å². The van der Waals surface area contributed by atoms with E-state index in [1.807, 2.05) is 26.0 Å². The highest BCUT2D eigenvalue weighted by Crippen LogP contribution is 2.08. The third kappa shape index (κ3) is 2.81. The van der Waals surface area contributed by atoms with Crippen molar-refractivity contribution in [2.45, 2.75) is 26.8 Å². The maximum absolute atomic E-state index is 11.3. The Morgan fingerprint density at radius 3 is 2.64 bits per heavy atom. The van der Waals surface area contributed by atoms with Crippen molar-refractivity contribution in [2.75, 3.05) is 5.32 Å². The van der Waals surface area contributed by atoms with Crippen molar-refractivity contribution in [1.29, 1.82) is 0 Å². The predicted molar refractivity (Wildman–Crippen MR) is 56.0 cm³/mol. The summed E-state index contributed by atoms with van der Waals surface area (Å²) in [6.07, 6.45) is 0. The Kier molecular flexibility index (Phi) is 3.19. The molecule has 1 heterocycles. The molecule has 0 aliphatic carbocycles. The molecule has 1 rings (SSSR count). The fourth-order valence-corrected chi connectivity index (χ4v) is 1.15. The van der Waals surface area contributed by atoms with Crippen LogP contribution in [0.3, 0.4) is 0 Å². The number of nitrogens with zero attached hydrogens (tertiary/aromatic N) is 1. The zero-order valence-corrected chi connectivity index (χ0v) is 8.66. The lowest BCUT2D eigenvalue weighted by Crippen LogP contribution is -2.32. The Morgan fingerprint density at radius 1 is 1.50 bits per heavy atom. The third-order valence-corrected chi connectivity index (χ3v) is 1.76. The number of nitrogens with one attached hydrogen (secondary N) is 1. The van der Waals surface area contributed by atoms with Crippen molar-refractivity contribution in [3.05, 3.63) is 23.4 Å². The summed E-state index contributed by atoms with van der Waals surface area (Å²) in [5, 5.41) is 2.65. The number of carbonyl (C=O) groups is 1. The Balaban J connectivity index is 2.82. The minimum absolute atomic E-state index is 0.220. The topological polar surface area (TPSA) is 68.0 Å².